The van der Waals surface area contributed by atoms with Gasteiger partial charge in [-0.25, -0.2) is 4.79 Å². The molecule has 1 atom stereocenters. The van der Waals surface area contributed by atoms with Crippen LogP contribution in [-0.2, 0) is 9.47 Å². The molecule has 2 N–H and O–H groups in total. The van der Waals surface area contributed by atoms with Gasteiger partial charge in [0.2, 0.25) is 0 Å². The Morgan fingerprint density at radius 1 is 1.82 bits per heavy atom. The maximum absolute atomic E-state index is 10.4. The first kappa shape index (κ1) is 8.07. The number of carbonyl (C=O) groups excluding carboxylic acids is 1. The van der Waals surface area contributed by atoms with Crippen molar-refractivity contribution in [3.8, 4) is 0 Å². The van der Waals surface area contributed by atoms with Crippen LogP contribution in [0.25, 0.3) is 0 Å². The van der Waals surface area contributed by atoms with E-state index in [0.717, 1.165) is 0 Å². The lowest BCUT2D eigenvalue weighted by molar-refractivity contribution is -0.0141. The van der Waals surface area contributed by atoms with Crippen LogP contribution in [0, 0.1) is 0 Å². The molecule has 0 aromatic heterocycles. The van der Waals surface area contributed by atoms with Gasteiger partial charge in [0.25, 0.3) is 0 Å². The Labute approximate surface area is 65.0 Å². The van der Waals surface area contributed by atoms with Gasteiger partial charge in [-0.3, -0.25) is 0 Å². The van der Waals surface area contributed by atoms with Crippen LogP contribution in [-0.4, -0.2) is 24.9 Å². The zero-order chi connectivity index (χ0) is 8.32. The van der Waals surface area contributed by atoms with Gasteiger partial charge in [0.15, 0.2) is 5.60 Å². The molecule has 4 nitrogen and oxygen atoms in total. The highest BCUT2D eigenvalue weighted by atomic mass is 16.6. The predicted molar refractivity (Wildman–Crippen MR) is 39.0 cm³/mol. The van der Waals surface area contributed by atoms with Crippen molar-refractivity contribution >= 4 is 6.09 Å². The fourth-order valence-corrected chi connectivity index (χ4v) is 0.968. The van der Waals surface area contributed by atoms with Crippen LogP contribution >= 0.6 is 0 Å². The molecule has 0 spiro atoms. The van der Waals surface area contributed by atoms with Crippen molar-refractivity contribution in [1.29, 1.82) is 0 Å². The third kappa shape index (κ3) is 2.23. The summed E-state index contributed by atoms with van der Waals surface area (Å²) in [5, 5.41) is 0. The van der Waals surface area contributed by atoms with Gasteiger partial charge >= 0.3 is 6.09 Å². The van der Waals surface area contributed by atoms with Crippen molar-refractivity contribution in [1.82, 2.24) is 0 Å². The van der Waals surface area contributed by atoms with Gasteiger partial charge in [0, 0.05) is 0 Å². The summed E-state index contributed by atoms with van der Waals surface area (Å²) in [7, 11) is 0. The summed E-state index contributed by atoms with van der Waals surface area (Å²) < 4.78 is 9.87. The smallest absolute Gasteiger partial charge is 0.405 e. The third-order valence-corrected chi connectivity index (χ3v) is 1.41. The summed E-state index contributed by atoms with van der Waals surface area (Å²) in [6.07, 6.45) is 2.80. The second-order valence-electron chi connectivity index (χ2n) is 2.65. The Balaban J connectivity index is 2.57. The summed E-state index contributed by atoms with van der Waals surface area (Å²) >= 11 is 0. The van der Waals surface area contributed by atoms with Gasteiger partial charge < -0.3 is 15.2 Å². The second-order valence-corrected chi connectivity index (χ2v) is 2.65. The molecule has 1 heterocycles. The summed E-state index contributed by atoms with van der Waals surface area (Å²) in [6.45, 7) is 2.68. The first-order valence-electron chi connectivity index (χ1n) is 3.36. The standard InChI is InChI=1S/C7H11NO3/c1-7(11-6(8)9)3-2-4-10-5-7/h2-3H,4-5H2,1H3,(H2,8,9). The highest BCUT2D eigenvalue weighted by molar-refractivity contribution is 5.65. The Morgan fingerprint density at radius 2 is 2.55 bits per heavy atom. The molecule has 0 aromatic rings. The Bertz CT molecular complexity index is 190. The van der Waals surface area contributed by atoms with E-state index in [0.29, 0.717) is 13.2 Å². The number of hydrogen-bond acceptors (Lipinski definition) is 3. The third-order valence-electron chi connectivity index (χ3n) is 1.41. The number of amides is 1. The minimum Gasteiger partial charge on any atom is -0.437 e. The SMILES string of the molecule is CC1(OC(N)=O)C=CCOC1. The van der Waals surface area contributed by atoms with Crippen molar-refractivity contribution in [3.63, 3.8) is 0 Å². The summed E-state index contributed by atoms with van der Waals surface area (Å²) in [5.41, 5.74) is 4.18. The zero-order valence-corrected chi connectivity index (χ0v) is 6.37. The molecule has 62 valence electrons. The Hall–Kier alpha value is -1.03. The Morgan fingerprint density at radius 3 is 3.00 bits per heavy atom. The largest absolute Gasteiger partial charge is 0.437 e. The molecule has 0 fully saturated rings. The molecule has 0 radical (unpaired) electrons. The lowest BCUT2D eigenvalue weighted by Gasteiger charge is -2.27. The van der Waals surface area contributed by atoms with Crippen LogP contribution in [0.15, 0.2) is 12.2 Å². The van der Waals surface area contributed by atoms with Crippen LogP contribution in [0.2, 0.25) is 0 Å². The van der Waals surface area contributed by atoms with Crippen LogP contribution in [0.4, 0.5) is 4.79 Å². The molecular weight excluding hydrogens is 146 g/mol. The highest BCUT2D eigenvalue weighted by Gasteiger charge is 2.26. The van der Waals surface area contributed by atoms with E-state index in [9.17, 15) is 4.79 Å². The van der Waals surface area contributed by atoms with Gasteiger partial charge in [-0.2, -0.15) is 0 Å². The average molecular weight is 157 g/mol. The molecule has 0 aromatic carbocycles. The van der Waals surface area contributed by atoms with Gasteiger partial charge in [0.1, 0.15) is 0 Å². The normalized spacial score (nSPS) is 29.9. The van der Waals surface area contributed by atoms with Crippen LogP contribution in [0.5, 0.6) is 0 Å². The second kappa shape index (κ2) is 2.92. The van der Waals surface area contributed by atoms with E-state index in [1.54, 1.807) is 19.1 Å². The predicted octanol–water partition coefficient (Wildman–Crippen LogP) is 0.427. The quantitative estimate of drug-likeness (QED) is 0.561. The lowest BCUT2D eigenvalue weighted by atomic mass is 10.1. The summed E-state index contributed by atoms with van der Waals surface area (Å²) in [6, 6.07) is 0. The van der Waals surface area contributed by atoms with Crippen molar-refractivity contribution < 1.29 is 14.3 Å². The number of ether oxygens (including phenoxy) is 2. The number of nitrogens with two attached hydrogens (primary N) is 1. The average Bonchev–Trinajstić information content (AvgIpc) is 1.85. The molecule has 1 aliphatic heterocycles. The molecule has 1 unspecified atom stereocenters. The van der Waals surface area contributed by atoms with Crippen LogP contribution in [0.1, 0.15) is 6.92 Å². The summed E-state index contributed by atoms with van der Waals surface area (Å²) in [4.78, 5) is 10.4. The molecule has 0 bridgehead atoms. The van der Waals surface area contributed by atoms with Crippen molar-refractivity contribution in [3.05, 3.63) is 12.2 Å². The molecule has 1 amide bonds. The number of carbonyl (C=O) groups is 1. The number of primary amides is 1. The minimum atomic E-state index is -0.775. The van der Waals surface area contributed by atoms with Crippen molar-refractivity contribution in [2.24, 2.45) is 5.73 Å². The van der Waals surface area contributed by atoms with E-state index in [1.807, 2.05) is 0 Å². The van der Waals surface area contributed by atoms with Crippen molar-refractivity contribution in [2.45, 2.75) is 12.5 Å². The molecule has 1 aliphatic rings. The van der Waals surface area contributed by atoms with E-state index in [1.165, 1.54) is 0 Å². The molecule has 11 heavy (non-hydrogen) atoms. The van der Waals surface area contributed by atoms with E-state index in [-0.39, 0.29) is 0 Å². The van der Waals surface area contributed by atoms with E-state index in [4.69, 9.17) is 15.2 Å². The first-order valence-corrected chi connectivity index (χ1v) is 3.36. The Kier molecular flexibility index (Phi) is 2.14. The van der Waals surface area contributed by atoms with Crippen LogP contribution in [0.3, 0.4) is 0 Å². The van der Waals surface area contributed by atoms with Gasteiger partial charge in [-0.15, -0.1) is 0 Å². The van der Waals surface area contributed by atoms with Crippen LogP contribution < -0.4 is 5.73 Å². The van der Waals surface area contributed by atoms with Gasteiger partial charge in [0.05, 0.1) is 13.2 Å². The lowest BCUT2D eigenvalue weighted by Crippen LogP contribution is -2.38. The number of hydrogen-bond donors (Lipinski definition) is 1. The van der Waals surface area contributed by atoms with E-state index < -0.39 is 11.7 Å². The maximum Gasteiger partial charge on any atom is 0.405 e. The topological polar surface area (TPSA) is 61.5 Å². The molecule has 0 saturated carbocycles. The maximum atomic E-state index is 10.4. The monoisotopic (exact) mass is 157 g/mol. The highest BCUT2D eigenvalue weighted by Crippen LogP contribution is 2.16. The molecular formula is C7H11NO3. The molecule has 1 rings (SSSR count). The number of rotatable bonds is 1. The van der Waals surface area contributed by atoms with Gasteiger partial charge in [-0.1, -0.05) is 6.08 Å². The van der Waals surface area contributed by atoms with E-state index >= 15 is 0 Å². The van der Waals surface area contributed by atoms with Crippen molar-refractivity contribution in [2.75, 3.05) is 13.2 Å². The minimum absolute atomic E-state index is 0.368. The summed E-state index contributed by atoms with van der Waals surface area (Å²) in [5.74, 6) is 0. The fraction of sp³-hybridized carbons (Fsp3) is 0.571. The molecule has 4 heteroatoms. The zero-order valence-electron chi connectivity index (χ0n) is 6.37. The molecule has 0 saturated heterocycles. The molecule has 0 aliphatic carbocycles. The van der Waals surface area contributed by atoms with Gasteiger partial charge in [-0.05, 0) is 13.0 Å². The first-order chi connectivity index (χ1) is 5.12. The fourth-order valence-electron chi connectivity index (χ4n) is 0.968. The van der Waals surface area contributed by atoms with E-state index in [2.05, 4.69) is 0 Å².